The van der Waals surface area contributed by atoms with E-state index in [-0.39, 0.29) is 5.91 Å². The van der Waals surface area contributed by atoms with Crippen LogP contribution >= 0.6 is 0 Å². The third-order valence-electron chi connectivity index (χ3n) is 3.67. The Morgan fingerprint density at radius 2 is 2.11 bits per heavy atom. The molecule has 0 heterocycles. The highest BCUT2D eigenvalue weighted by atomic mass is 16.2. The van der Waals surface area contributed by atoms with Crippen molar-refractivity contribution in [1.82, 2.24) is 10.2 Å². The predicted octanol–water partition coefficient (Wildman–Crippen LogP) is 0.998. The minimum atomic E-state index is 0.0265. The van der Waals surface area contributed by atoms with Crippen LogP contribution < -0.4 is 11.1 Å². The lowest BCUT2D eigenvalue weighted by molar-refractivity contribution is -0.123. The van der Waals surface area contributed by atoms with E-state index in [1.54, 1.807) is 0 Å². The molecule has 0 saturated heterocycles. The summed E-state index contributed by atoms with van der Waals surface area (Å²) in [5, 5.41) is 11.2. The molecule has 3 N–H and O–H groups in total. The van der Waals surface area contributed by atoms with Gasteiger partial charge in [-0.2, -0.15) is 5.26 Å². The van der Waals surface area contributed by atoms with Crippen LogP contribution in [0.4, 0.5) is 0 Å². The molecule has 1 saturated carbocycles. The van der Waals surface area contributed by atoms with E-state index in [1.165, 1.54) is 0 Å². The fourth-order valence-corrected chi connectivity index (χ4v) is 2.64. The zero-order chi connectivity index (χ0) is 14.1. The Morgan fingerprint density at radius 3 is 2.68 bits per heavy atom. The van der Waals surface area contributed by atoms with E-state index >= 15 is 0 Å². The van der Waals surface area contributed by atoms with Gasteiger partial charge >= 0.3 is 0 Å². The summed E-state index contributed by atoms with van der Waals surface area (Å²) in [4.78, 5) is 14.1. The van der Waals surface area contributed by atoms with Crippen LogP contribution in [0.1, 0.15) is 45.4 Å². The Labute approximate surface area is 116 Å². The molecule has 0 aromatic carbocycles. The van der Waals surface area contributed by atoms with Gasteiger partial charge in [0.25, 0.3) is 0 Å². The molecule has 108 valence electrons. The molecule has 0 aliphatic heterocycles. The van der Waals surface area contributed by atoms with Gasteiger partial charge in [-0.15, -0.1) is 0 Å². The molecule has 0 aromatic rings. The van der Waals surface area contributed by atoms with Crippen LogP contribution in [0.15, 0.2) is 0 Å². The van der Waals surface area contributed by atoms with Gasteiger partial charge in [-0.05, 0) is 38.6 Å². The second kappa shape index (κ2) is 8.89. The number of hydrogen-bond acceptors (Lipinski definition) is 4. The molecular weight excluding hydrogens is 240 g/mol. The fourth-order valence-electron chi connectivity index (χ4n) is 2.64. The van der Waals surface area contributed by atoms with Gasteiger partial charge in [0, 0.05) is 18.6 Å². The highest BCUT2D eigenvalue weighted by Gasteiger charge is 2.24. The zero-order valence-corrected chi connectivity index (χ0v) is 11.9. The number of hydrogen-bond donors (Lipinski definition) is 2. The topological polar surface area (TPSA) is 82.2 Å². The maximum Gasteiger partial charge on any atom is 0.234 e. The molecule has 1 rings (SSSR count). The average Bonchev–Trinajstić information content (AvgIpc) is 2.39. The number of amides is 1. The van der Waals surface area contributed by atoms with Gasteiger partial charge in [0.1, 0.15) is 0 Å². The summed E-state index contributed by atoms with van der Waals surface area (Å²) in [6, 6.07) is 2.85. The van der Waals surface area contributed by atoms with Crippen LogP contribution in [0.2, 0.25) is 0 Å². The molecular formula is C14H26N4O. The summed E-state index contributed by atoms with van der Waals surface area (Å²) in [5.74, 6) is 0.0265. The first-order valence-electron chi connectivity index (χ1n) is 7.30. The summed E-state index contributed by atoms with van der Waals surface area (Å²) in [7, 11) is 0. The first-order chi connectivity index (χ1) is 9.17. The van der Waals surface area contributed by atoms with E-state index in [4.69, 9.17) is 11.0 Å². The molecule has 5 nitrogen and oxygen atoms in total. The largest absolute Gasteiger partial charge is 0.354 e. The first-order valence-corrected chi connectivity index (χ1v) is 7.30. The molecule has 1 aliphatic rings. The highest BCUT2D eigenvalue weighted by Crippen LogP contribution is 2.22. The van der Waals surface area contributed by atoms with Gasteiger partial charge < -0.3 is 11.1 Å². The maximum absolute atomic E-state index is 11.8. The smallest absolute Gasteiger partial charge is 0.234 e. The van der Waals surface area contributed by atoms with Crippen LogP contribution in [0.3, 0.4) is 0 Å². The number of carbonyl (C=O) groups is 1. The summed E-state index contributed by atoms with van der Waals surface area (Å²) in [5.41, 5.74) is 5.92. The third kappa shape index (κ3) is 6.04. The van der Waals surface area contributed by atoms with Gasteiger partial charge in [-0.25, -0.2) is 0 Å². The Balaban J connectivity index is 2.39. The predicted molar refractivity (Wildman–Crippen MR) is 75.3 cm³/mol. The fraction of sp³-hybridized carbons (Fsp3) is 0.857. The van der Waals surface area contributed by atoms with Crippen molar-refractivity contribution in [2.45, 2.75) is 57.5 Å². The van der Waals surface area contributed by atoms with Crippen molar-refractivity contribution >= 4 is 5.91 Å². The van der Waals surface area contributed by atoms with E-state index in [0.717, 1.165) is 38.6 Å². The Morgan fingerprint density at radius 1 is 1.42 bits per heavy atom. The van der Waals surface area contributed by atoms with Crippen molar-refractivity contribution in [3.63, 3.8) is 0 Å². The van der Waals surface area contributed by atoms with Gasteiger partial charge in [0.2, 0.25) is 5.91 Å². The molecule has 1 aliphatic carbocycles. The van der Waals surface area contributed by atoms with Crippen molar-refractivity contribution < 1.29 is 4.79 Å². The minimum Gasteiger partial charge on any atom is -0.354 e. The summed E-state index contributed by atoms with van der Waals surface area (Å²) < 4.78 is 0. The molecule has 0 spiro atoms. The molecule has 0 bridgehead atoms. The van der Waals surface area contributed by atoms with Gasteiger partial charge in [-0.3, -0.25) is 9.69 Å². The van der Waals surface area contributed by atoms with Crippen molar-refractivity contribution in [3.8, 4) is 6.07 Å². The zero-order valence-electron chi connectivity index (χ0n) is 11.9. The van der Waals surface area contributed by atoms with Gasteiger partial charge in [-0.1, -0.05) is 6.92 Å². The molecule has 19 heavy (non-hydrogen) atoms. The molecule has 1 amide bonds. The Kier molecular flexibility index (Phi) is 7.46. The summed E-state index contributed by atoms with van der Waals surface area (Å²) >= 11 is 0. The van der Waals surface area contributed by atoms with Crippen LogP contribution in [0.5, 0.6) is 0 Å². The second-order valence-corrected chi connectivity index (χ2v) is 5.30. The summed E-state index contributed by atoms with van der Waals surface area (Å²) in [6.07, 6.45) is 5.72. The standard InChI is InChI=1S/C14H26N4O/c1-2-10-18(11-14(19)17-9-3-8-15)13-6-4-12(16)5-7-13/h12-13H,2-7,9-11,16H2,1H3,(H,17,19). The van der Waals surface area contributed by atoms with Crippen molar-refractivity contribution in [1.29, 1.82) is 5.26 Å². The second-order valence-electron chi connectivity index (χ2n) is 5.30. The summed E-state index contributed by atoms with van der Waals surface area (Å²) in [6.45, 7) is 3.98. The number of rotatable bonds is 7. The maximum atomic E-state index is 11.8. The highest BCUT2D eigenvalue weighted by molar-refractivity contribution is 5.78. The Hall–Kier alpha value is -1.12. The lowest BCUT2D eigenvalue weighted by Gasteiger charge is -2.35. The minimum absolute atomic E-state index is 0.0265. The van der Waals surface area contributed by atoms with Crippen molar-refractivity contribution in [2.24, 2.45) is 5.73 Å². The van der Waals surface area contributed by atoms with Crippen molar-refractivity contribution in [2.75, 3.05) is 19.6 Å². The van der Waals surface area contributed by atoms with Crippen LogP contribution in [0, 0.1) is 11.3 Å². The van der Waals surface area contributed by atoms with Gasteiger partial charge in [0.05, 0.1) is 19.0 Å². The van der Waals surface area contributed by atoms with E-state index in [1.807, 2.05) is 6.07 Å². The average molecular weight is 266 g/mol. The number of nitrogens with two attached hydrogens (primary N) is 1. The normalized spacial score (nSPS) is 23.1. The van der Waals surface area contributed by atoms with Crippen molar-refractivity contribution in [3.05, 3.63) is 0 Å². The molecule has 0 atom stereocenters. The number of carbonyl (C=O) groups excluding carboxylic acids is 1. The van der Waals surface area contributed by atoms with E-state index in [9.17, 15) is 4.79 Å². The number of nitrogens with zero attached hydrogens (tertiary/aromatic N) is 2. The van der Waals surface area contributed by atoms with Gasteiger partial charge in [0.15, 0.2) is 0 Å². The van der Waals surface area contributed by atoms with E-state index in [0.29, 0.717) is 31.6 Å². The van der Waals surface area contributed by atoms with E-state index < -0.39 is 0 Å². The number of nitriles is 1. The van der Waals surface area contributed by atoms with Crippen LogP contribution in [-0.4, -0.2) is 42.5 Å². The molecule has 0 aromatic heterocycles. The lowest BCUT2D eigenvalue weighted by atomic mass is 9.90. The molecule has 1 fully saturated rings. The van der Waals surface area contributed by atoms with Crippen LogP contribution in [-0.2, 0) is 4.79 Å². The SMILES string of the molecule is CCCN(CC(=O)NCCC#N)C1CCC(N)CC1. The Bertz CT molecular complexity index is 305. The monoisotopic (exact) mass is 266 g/mol. The molecule has 0 radical (unpaired) electrons. The first kappa shape index (κ1) is 15.9. The molecule has 5 heteroatoms. The van der Waals surface area contributed by atoms with Crippen LogP contribution in [0.25, 0.3) is 0 Å². The molecule has 0 unspecified atom stereocenters. The third-order valence-corrected chi connectivity index (χ3v) is 3.67. The number of nitrogens with one attached hydrogen (secondary N) is 1. The quantitative estimate of drug-likeness (QED) is 0.673. The van der Waals surface area contributed by atoms with E-state index in [2.05, 4.69) is 17.1 Å². The lowest BCUT2D eigenvalue weighted by Crippen LogP contribution is -2.46.